The molecule has 1 nitrogen and oxygen atoms in total. The van der Waals surface area contributed by atoms with Gasteiger partial charge in [0.2, 0.25) is 0 Å². The molecule has 1 fully saturated rings. The number of benzene rings is 1. The summed E-state index contributed by atoms with van der Waals surface area (Å²) in [6.07, 6.45) is 8.43. The highest BCUT2D eigenvalue weighted by Gasteiger charge is 2.21. The third-order valence-corrected chi connectivity index (χ3v) is 4.99. The lowest BCUT2D eigenvalue weighted by Crippen LogP contribution is -2.24. The van der Waals surface area contributed by atoms with Crippen LogP contribution in [-0.2, 0) is 0 Å². The molecule has 0 heterocycles. The first-order valence-electron chi connectivity index (χ1n) is 7.70. The number of halogens is 1. The summed E-state index contributed by atoms with van der Waals surface area (Å²) in [5, 5.41) is 3.68. The normalized spacial score (nSPS) is 18.5. The summed E-state index contributed by atoms with van der Waals surface area (Å²) in [6.45, 7) is 5.43. The van der Waals surface area contributed by atoms with Crippen LogP contribution in [0.2, 0.25) is 0 Å². The first-order chi connectivity index (χ1) is 9.20. The SMILES string of the molecule is CCNC(CC1CCCCC1)c1cc(C)ccc1Br. The molecule has 19 heavy (non-hydrogen) atoms. The number of rotatable bonds is 5. The summed E-state index contributed by atoms with van der Waals surface area (Å²) in [7, 11) is 0. The zero-order chi connectivity index (χ0) is 13.7. The maximum Gasteiger partial charge on any atom is 0.0334 e. The highest BCUT2D eigenvalue weighted by molar-refractivity contribution is 9.10. The van der Waals surface area contributed by atoms with Gasteiger partial charge in [0, 0.05) is 10.5 Å². The van der Waals surface area contributed by atoms with Crippen LogP contribution in [-0.4, -0.2) is 6.54 Å². The van der Waals surface area contributed by atoms with Crippen LogP contribution >= 0.6 is 15.9 Å². The Bertz CT molecular complexity index is 396. The Hall–Kier alpha value is -0.340. The van der Waals surface area contributed by atoms with Crippen LogP contribution in [0.3, 0.4) is 0 Å². The molecule has 1 aliphatic rings. The number of aryl methyl sites for hydroxylation is 1. The van der Waals surface area contributed by atoms with Gasteiger partial charge in [-0.15, -0.1) is 0 Å². The molecule has 2 heteroatoms. The first kappa shape index (κ1) is 15.1. The molecule has 0 bridgehead atoms. The van der Waals surface area contributed by atoms with Crippen molar-refractivity contribution in [1.82, 2.24) is 5.32 Å². The van der Waals surface area contributed by atoms with Crippen molar-refractivity contribution < 1.29 is 0 Å². The van der Waals surface area contributed by atoms with Gasteiger partial charge in [-0.1, -0.05) is 72.7 Å². The van der Waals surface area contributed by atoms with Crippen molar-refractivity contribution in [3.63, 3.8) is 0 Å². The standard InChI is InChI=1S/C17H26BrN/c1-3-19-17(12-14-7-5-4-6-8-14)15-11-13(2)9-10-16(15)18/h9-11,14,17,19H,3-8,12H2,1-2H3. The molecule has 106 valence electrons. The van der Waals surface area contributed by atoms with Gasteiger partial charge < -0.3 is 5.32 Å². The Morgan fingerprint density at radius 3 is 2.68 bits per heavy atom. The molecule has 1 unspecified atom stereocenters. The summed E-state index contributed by atoms with van der Waals surface area (Å²) in [5.41, 5.74) is 2.79. The van der Waals surface area contributed by atoms with E-state index in [1.807, 2.05) is 0 Å². The molecule has 0 aromatic heterocycles. The summed E-state index contributed by atoms with van der Waals surface area (Å²) in [5.74, 6) is 0.908. The molecule has 1 N–H and O–H groups in total. The number of hydrogen-bond donors (Lipinski definition) is 1. The van der Waals surface area contributed by atoms with Crippen LogP contribution in [0, 0.1) is 12.8 Å². The van der Waals surface area contributed by atoms with E-state index < -0.39 is 0 Å². The molecule has 0 spiro atoms. The number of hydrogen-bond acceptors (Lipinski definition) is 1. The average molecular weight is 324 g/mol. The van der Waals surface area contributed by atoms with E-state index in [0.29, 0.717) is 6.04 Å². The molecule has 1 aromatic rings. The highest BCUT2D eigenvalue weighted by atomic mass is 79.9. The Labute approximate surface area is 126 Å². The van der Waals surface area contributed by atoms with E-state index in [9.17, 15) is 0 Å². The van der Waals surface area contributed by atoms with Crippen molar-refractivity contribution in [3.05, 3.63) is 33.8 Å². The van der Waals surface area contributed by atoms with Gasteiger partial charge in [-0.3, -0.25) is 0 Å². The molecule has 1 saturated carbocycles. The summed E-state index contributed by atoms with van der Waals surface area (Å²) in [4.78, 5) is 0. The minimum Gasteiger partial charge on any atom is -0.310 e. The second-order valence-electron chi connectivity index (χ2n) is 5.87. The molecule has 0 aliphatic heterocycles. The van der Waals surface area contributed by atoms with Crippen LogP contribution in [0.15, 0.2) is 22.7 Å². The van der Waals surface area contributed by atoms with Crippen molar-refractivity contribution >= 4 is 15.9 Å². The predicted molar refractivity (Wildman–Crippen MR) is 86.5 cm³/mol. The maximum atomic E-state index is 3.73. The number of nitrogens with one attached hydrogen (secondary N) is 1. The topological polar surface area (TPSA) is 12.0 Å². The quantitative estimate of drug-likeness (QED) is 0.767. The van der Waals surface area contributed by atoms with Gasteiger partial charge in [0.25, 0.3) is 0 Å². The second kappa shape index (κ2) is 7.44. The van der Waals surface area contributed by atoms with Crippen molar-refractivity contribution in [1.29, 1.82) is 0 Å². The van der Waals surface area contributed by atoms with Crippen LogP contribution in [0.1, 0.15) is 62.6 Å². The van der Waals surface area contributed by atoms with E-state index in [-0.39, 0.29) is 0 Å². The third-order valence-electron chi connectivity index (χ3n) is 4.27. The molecular formula is C17H26BrN. The fourth-order valence-electron chi connectivity index (χ4n) is 3.25. The Kier molecular flexibility index (Phi) is 5.90. The van der Waals surface area contributed by atoms with Crippen LogP contribution < -0.4 is 5.32 Å². The van der Waals surface area contributed by atoms with Gasteiger partial charge >= 0.3 is 0 Å². The molecule has 1 aliphatic carbocycles. The van der Waals surface area contributed by atoms with Gasteiger partial charge in [-0.2, -0.15) is 0 Å². The van der Waals surface area contributed by atoms with Crippen LogP contribution in [0.25, 0.3) is 0 Å². The van der Waals surface area contributed by atoms with E-state index in [4.69, 9.17) is 0 Å². The lowest BCUT2D eigenvalue weighted by Gasteiger charge is -2.28. The minimum atomic E-state index is 0.502. The zero-order valence-electron chi connectivity index (χ0n) is 12.2. The van der Waals surface area contributed by atoms with Crippen molar-refractivity contribution in [2.75, 3.05) is 6.54 Å². The molecule has 0 amide bonds. The van der Waals surface area contributed by atoms with Crippen molar-refractivity contribution in [2.45, 2.75) is 58.4 Å². The van der Waals surface area contributed by atoms with Gasteiger partial charge in [-0.25, -0.2) is 0 Å². The van der Waals surface area contributed by atoms with E-state index in [0.717, 1.165) is 12.5 Å². The Morgan fingerprint density at radius 2 is 2.00 bits per heavy atom. The maximum absolute atomic E-state index is 3.73. The van der Waals surface area contributed by atoms with Gasteiger partial charge in [-0.05, 0) is 37.4 Å². The van der Waals surface area contributed by atoms with Crippen LogP contribution in [0.5, 0.6) is 0 Å². The lowest BCUT2D eigenvalue weighted by molar-refractivity contribution is 0.301. The lowest BCUT2D eigenvalue weighted by atomic mass is 9.83. The summed E-state index contributed by atoms with van der Waals surface area (Å²) < 4.78 is 1.25. The Balaban J connectivity index is 2.11. The monoisotopic (exact) mass is 323 g/mol. The van der Waals surface area contributed by atoms with Crippen LogP contribution in [0.4, 0.5) is 0 Å². The third kappa shape index (κ3) is 4.32. The van der Waals surface area contributed by atoms with Gasteiger partial charge in [0.1, 0.15) is 0 Å². The fourth-order valence-corrected chi connectivity index (χ4v) is 3.78. The van der Waals surface area contributed by atoms with E-state index in [1.165, 1.54) is 54.1 Å². The fraction of sp³-hybridized carbons (Fsp3) is 0.647. The zero-order valence-corrected chi connectivity index (χ0v) is 13.8. The molecule has 0 radical (unpaired) electrons. The largest absolute Gasteiger partial charge is 0.310 e. The summed E-state index contributed by atoms with van der Waals surface area (Å²) >= 11 is 3.73. The molecule has 0 saturated heterocycles. The Morgan fingerprint density at radius 1 is 1.26 bits per heavy atom. The highest BCUT2D eigenvalue weighted by Crippen LogP contribution is 2.34. The van der Waals surface area contributed by atoms with Gasteiger partial charge in [0.05, 0.1) is 0 Å². The van der Waals surface area contributed by atoms with E-state index in [2.05, 4.69) is 53.3 Å². The van der Waals surface area contributed by atoms with Gasteiger partial charge in [0.15, 0.2) is 0 Å². The molecule has 1 aromatic carbocycles. The second-order valence-corrected chi connectivity index (χ2v) is 6.73. The van der Waals surface area contributed by atoms with E-state index >= 15 is 0 Å². The van der Waals surface area contributed by atoms with Crippen molar-refractivity contribution in [3.8, 4) is 0 Å². The smallest absolute Gasteiger partial charge is 0.0334 e. The molecular weight excluding hydrogens is 298 g/mol. The molecule has 1 atom stereocenters. The minimum absolute atomic E-state index is 0.502. The summed E-state index contributed by atoms with van der Waals surface area (Å²) in [6, 6.07) is 7.20. The first-order valence-corrected chi connectivity index (χ1v) is 8.49. The predicted octanol–water partition coefficient (Wildman–Crippen LogP) is 5.38. The van der Waals surface area contributed by atoms with Crippen molar-refractivity contribution in [2.24, 2.45) is 5.92 Å². The average Bonchev–Trinajstić information content (AvgIpc) is 2.42. The molecule has 2 rings (SSSR count). The van der Waals surface area contributed by atoms with E-state index in [1.54, 1.807) is 0 Å².